The van der Waals surface area contributed by atoms with Gasteiger partial charge in [-0.15, -0.1) is 0 Å². The Bertz CT molecular complexity index is 867. The van der Waals surface area contributed by atoms with Gasteiger partial charge in [-0.3, -0.25) is 14.2 Å². The third-order valence-corrected chi connectivity index (χ3v) is 6.55. The molecule has 0 aromatic heterocycles. The lowest BCUT2D eigenvalue weighted by Gasteiger charge is -2.34. The van der Waals surface area contributed by atoms with Crippen molar-refractivity contribution in [2.24, 2.45) is 5.92 Å². The Labute approximate surface area is 139 Å². The van der Waals surface area contributed by atoms with E-state index in [-0.39, 0.29) is 5.75 Å². The van der Waals surface area contributed by atoms with Gasteiger partial charge in [0.2, 0.25) is 0 Å². The van der Waals surface area contributed by atoms with E-state index in [1.165, 1.54) is 21.1 Å². The van der Waals surface area contributed by atoms with Crippen LogP contribution in [0.25, 0.3) is 10.8 Å². The Hall–Kier alpha value is -2.01. The van der Waals surface area contributed by atoms with E-state index in [4.69, 9.17) is 13.8 Å². The standard InChI is InChI=1S/C17H17O6P/c1-10(18)14-16(24(20,21-2)22-3)15-12-7-5-4-6-11(12)8-9-13(15)23-17(14)19/h4-9,14,16H,1-3H3. The van der Waals surface area contributed by atoms with Crippen molar-refractivity contribution >= 4 is 30.1 Å². The smallest absolute Gasteiger partial charge is 0.339 e. The molecule has 0 saturated carbocycles. The van der Waals surface area contributed by atoms with E-state index in [1.54, 1.807) is 12.1 Å². The second-order valence-electron chi connectivity index (χ2n) is 5.56. The van der Waals surface area contributed by atoms with Crippen molar-refractivity contribution < 1.29 is 27.9 Å². The van der Waals surface area contributed by atoms with Crippen LogP contribution in [0.2, 0.25) is 0 Å². The number of rotatable bonds is 4. The van der Waals surface area contributed by atoms with E-state index in [9.17, 15) is 14.2 Å². The van der Waals surface area contributed by atoms with Crippen LogP contribution in [-0.4, -0.2) is 26.0 Å². The van der Waals surface area contributed by atoms with Crippen LogP contribution in [0, 0.1) is 5.92 Å². The van der Waals surface area contributed by atoms with Gasteiger partial charge in [0.05, 0.1) is 0 Å². The first kappa shape index (κ1) is 16.8. The number of benzene rings is 2. The molecule has 0 fully saturated rings. The zero-order chi connectivity index (χ0) is 17.5. The van der Waals surface area contributed by atoms with Crippen LogP contribution in [0.3, 0.4) is 0 Å². The fourth-order valence-corrected chi connectivity index (χ4v) is 5.05. The number of carbonyl (C=O) groups excluding carboxylic acids is 2. The van der Waals surface area contributed by atoms with Gasteiger partial charge in [-0.25, -0.2) is 0 Å². The number of hydrogen-bond acceptors (Lipinski definition) is 6. The van der Waals surface area contributed by atoms with E-state index >= 15 is 0 Å². The average molecular weight is 348 g/mol. The molecule has 6 nitrogen and oxygen atoms in total. The summed E-state index contributed by atoms with van der Waals surface area (Å²) in [5, 5.41) is 1.62. The molecule has 2 atom stereocenters. The lowest BCUT2D eigenvalue weighted by molar-refractivity contribution is -0.145. The minimum atomic E-state index is -3.76. The van der Waals surface area contributed by atoms with Gasteiger partial charge in [0, 0.05) is 19.8 Å². The lowest BCUT2D eigenvalue weighted by Crippen LogP contribution is -2.36. The topological polar surface area (TPSA) is 78.9 Å². The van der Waals surface area contributed by atoms with Gasteiger partial charge in [-0.05, 0) is 23.8 Å². The van der Waals surface area contributed by atoms with E-state index in [0.29, 0.717) is 5.56 Å². The fraction of sp³-hybridized carbons (Fsp3) is 0.294. The predicted octanol–water partition coefficient (Wildman–Crippen LogP) is 3.49. The quantitative estimate of drug-likeness (QED) is 0.364. The molecule has 0 bridgehead atoms. The molecule has 0 saturated heterocycles. The zero-order valence-electron chi connectivity index (χ0n) is 13.5. The molecule has 0 radical (unpaired) electrons. The van der Waals surface area contributed by atoms with Crippen molar-refractivity contribution in [1.82, 2.24) is 0 Å². The summed E-state index contributed by atoms with van der Waals surface area (Å²) in [7, 11) is -1.28. The maximum Gasteiger partial charge on any atom is 0.339 e. The number of Topliss-reactive ketones (excluding diaryl/α,β-unsaturated/α-hetero) is 1. The molecule has 2 aromatic carbocycles. The normalized spacial score (nSPS) is 20.5. The van der Waals surface area contributed by atoms with Crippen LogP contribution >= 0.6 is 7.60 Å². The van der Waals surface area contributed by atoms with E-state index in [1.807, 2.05) is 24.3 Å². The van der Waals surface area contributed by atoms with Crippen LogP contribution in [0.5, 0.6) is 5.75 Å². The summed E-state index contributed by atoms with van der Waals surface area (Å²) in [6, 6.07) is 10.8. The maximum atomic E-state index is 13.2. The second-order valence-corrected chi connectivity index (χ2v) is 7.92. The summed E-state index contributed by atoms with van der Waals surface area (Å²) in [6.07, 6.45) is 0. The highest BCUT2D eigenvalue weighted by Crippen LogP contribution is 2.66. The summed E-state index contributed by atoms with van der Waals surface area (Å²) < 4.78 is 28.8. The van der Waals surface area contributed by atoms with Crippen molar-refractivity contribution in [3.63, 3.8) is 0 Å². The van der Waals surface area contributed by atoms with Gasteiger partial charge in [-0.1, -0.05) is 30.3 Å². The van der Waals surface area contributed by atoms with Gasteiger partial charge in [-0.2, -0.15) is 0 Å². The molecule has 2 aromatic rings. The van der Waals surface area contributed by atoms with Gasteiger partial charge in [0.25, 0.3) is 0 Å². The summed E-state index contributed by atoms with van der Waals surface area (Å²) in [5.74, 6) is -2.16. The van der Waals surface area contributed by atoms with E-state index in [2.05, 4.69) is 0 Å². The minimum absolute atomic E-state index is 0.274. The highest BCUT2D eigenvalue weighted by Gasteiger charge is 2.52. The largest absolute Gasteiger partial charge is 0.426 e. The van der Waals surface area contributed by atoms with E-state index in [0.717, 1.165) is 10.8 Å². The molecular formula is C17H17O6P. The molecule has 1 aliphatic rings. The first-order valence-corrected chi connectivity index (χ1v) is 8.99. The molecule has 0 aliphatic carbocycles. The number of carbonyl (C=O) groups is 2. The lowest BCUT2D eigenvalue weighted by atomic mass is 9.89. The van der Waals surface area contributed by atoms with Crippen molar-refractivity contribution in [2.75, 3.05) is 14.2 Å². The molecule has 0 amide bonds. The first-order chi connectivity index (χ1) is 11.4. The Morgan fingerprint density at radius 2 is 1.79 bits per heavy atom. The SMILES string of the molecule is COP(=O)(OC)C1c2c(ccc3ccccc23)OC(=O)C1C(C)=O. The van der Waals surface area contributed by atoms with Gasteiger partial charge in [0.1, 0.15) is 23.1 Å². The second kappa shape index (κ2) is 6.13. The van der Waals surface area contributed by atoms with Crippen LogP contribution < -0.4 is 4.74 Å². The van der Waals surface area contributed by atoms with Crippen molar-refractivity contribution in [3.8, 4) is 5.75 Å². The van der Waals surface area contributed by atoms with Gasteiger partial charge >= 0.3 is 13.6 Å². The summed E-state index contributed by atoms with van der Waals surface area (Å²) in [4.78, 5) is 24.5. The Morgan fingerprint density at radius 1 is 1.12 bits per heavy atom. The number of ether oxygens (including phenoxy) is 1. The Balaban J connectivity index is 2.38. The van der Waals surface area contributed by atoms with Crippen LogP contribution in [0.4, 0.5) is 0 Å². The van der Waals surface area contributed by atoms with Crippen molar-refractivity contribution in [3.05, 3.63) is 42.0 Å². The molecule has 126 valence electrons. The Morgan fingerprint density at radius 3 is 2.42 bits per heavy atom. The monoisotopic (exact) mass is 348 g/mol. The summed E-state index contributed by atoms with van der Waals surface area (Å²) >= 11 is 0. The predicted molar refractivity (Wildman–Crippen MR) is 88.1 cm³/mol. The molecule has 2 unspecified atom stereocenters. The number of esters is 1. The van der Waals surface area contributed by atoms with Gasteiger partial charge in [0.15, 0.2) is 0 Å². The van der Waals surface area contributed by atoms with Gasteiger partial charge < -0.3 is 13.8 Å². The van der Waals surface area contributed by atoms with Crippen molar-refractivity contribution in [1.29, 1.82) is 0 Å². The fourth-order valence-electron chi connectivity index (χ4n) is 3.17. The Kier molecular flexibility index (Phi) is 4.30. The average Bonchev–Trinajstić information content (AvgIpc) is 2.59. The highest BCUT2D eigenvalue weighted by atomic mass is 31.2. The maximum absolute atomic E-state index is 13.2. The molecular weight excluding hydrogens is 331 g/mol. The van der Waals surface area contributed by atoms with Crippen LogP contribution in [0.15, 0.2) is 36.4 Å². The number of ketones is 1. The molecule has 7 heteroatoms. The molecule has 24 heavy (non-hydrogen) atoms. The van der Waals surface area contributed by atoms with Crippen LogP contribution in [0.1, 0.15) is 18.1 Å². The van der Waals surface area contributed by atoms with E-state index < -0.39 is 30.9 Å². The van der Waals surface area contributed by atoms with Crippen LogP contribution in [-0.2, 0) is 23.2 Å². The molecule has 0 spiro atoms. The number of fused-ring (bicyclic) bond motifs is 3. The molecule has 1 aliphatic heterocycles. The zero-order valence-corrected chi connectivity index (χ0v) is 14.4. The highest BCUT2D eigenvalue weighted by molar-refractivity contribution is 7.54. The third-order valence-electron chi connectivity index (χ3n) is 4.29. The minimum Gasteiger partial charge on any atom is -0.426 e. The van der Waals surface area contributed by atoms with Crippen molar-refractivity contribution in [2.45, 2.75) is 12.6 Å². The number of hydrogen-bond donors (Lipinski definition) is 0. The molecule has 1 heterocycles. The summed E-state index contributed by atoms with van der Waals surface area (Å²) in [6.45, 7) is 1.27. The molecule has 0 N–H and O–H groups in total. The summed E-state index contributed by atoms with van der Waals surface area (Å²) in [5.41, 5.74) is -0.549. The molecule has 3 rings (SSSR count). The third kappa shape index (κ3) is 2.47. The first-order valence-electron chi connectivity index (χ1n) is 7.38.